The third-order valence-electron chi connectivity index (χ3n) is 8.88. The number of fused-ring (bicyclic) bond motifs is 1. The molecule has 2 heterocycles. The molecule has 2 N–H and O–H groups in total. The van der Waals surface area contributed by atoms with Crippen molar-refractivity contribution < 1.29 is 33.4 Å². The molecular weight excluding hydrogens is 540 g/mol. The van der Waals surface area contributed by atoms with Crippen molar-refractivity contribution in [2.24, 2.45) is 22.2 Å². The zero-order chi connectivity index (χ0) is 32.0. The van der Waals surface area contributed by atoms with Crippen molar-refractivity contribution >= 4 is 29.6 Å². The predicted molar refractivity (Wildman–Crippen MR) is 161 cm³/mol. The minimum absolute atomic E-state index is 0.0138. The maximum atomic E-state index is 13.7. The number of carbonyl (C=O) groups excluding carboxylic acids is 4. The summed E-state index contributed by atoms with van der Waals surface area (Å²) in [6.45, 7) is 16.3. The van der Waals surface area contributed by atoms with Crippen LogP contribution in [0.4, 0.5) is 0 Å². The fourth-order valence-corrected chi connectivity index (χ4v) is 5.83. The highest BCUT2D eigenvalue weighted by Crippen LogP contribution is 2.34. The Hall–Kier alpha value is -2.69. The summed E-state index contributed by atoms with van der Waals surface area (Å²) in [4.78, 5) is 60.5. The number of aliphatic imine (C=N–C) groups is 1. The second kappa shape index (κ2) is 14.7. The molecule has 0 aromatic carbocycles. The minimum Gasteiger partial charge on any atom is -0.476 e. The van der Waals surface area contributed by atoms with E-state index in [0.717, 1.165) is 19.3 Å². The zero-order valence-electron chi connectivity index (χ0n) is 27.5. The van der Waals surface area contributed by atoms with E-state index in [9.17, 15) is 19.2 Å². The number of methoxy groups -OCH3 is 1. The Morgan fingerprint density at radius 1 is 1.00 bits per heavy atom. The molecule has 8 atom stereocenters. The summed E-state index contributed by atoms with van der Waals surface area (Å²) >= 11 is 0. The quantitative estimate of drug-likeness (QED) is 0.391. The number of rotatable bonds is 9. The molecule has 2 aliphatic rings. The van der Waals surface area contributed by atoms with Gasteiger partial charge in [0.25, 0.3) is 5.91 Å². The standard InChI is InChI=1S/C31H54N4O7/c1-12-14-22(40-11)16-15-19(4)24-30(7,8)28(38)33-20(5)26-34-31(9,17-41-26)29(39)35(10)23(18(3)13-2)25(36)32-21(6)27(37)42-24/h18-24H,12-17H2,1-11H3,(H,32,36)(H,33,38)/t18-,19-,20-,21-,22-,23?,24-,31-/m0/s1. The third-order valence-corrected chi connectivity index (χ3v) is 8.88. The highest BCUT2D eigenvalue weighted by molar-refractivity contribution is 5.98. The molecule has 0 fully saturated rings. The van der Waals surface area contributed by atoms with Crippen LogP contribution in [-0.2, 0) is 33.4 Å². The molecule has 0 spiro atoms. The van der Waals surface area contributed by atoms with Gasteiger partial charge in [0.15, 0.2) is 5.54 Å². The van der Waals surface area contributed by atoms with Crippen LogP contribution in [0.1, 0.15) is 94.4 Å². The van der Waals surface area contributed by atoms with Crippen LogP contribution in [0.3, 0.4) is 0 Å². The van der Waals surface area contributed by atoms with Gasteiger partial charge in [0.2, 0.25) is 17.7 Å². The molecule has 240 valence electrons. The van der Waals surface area contributed by atoms with Gasteiger partial charge in [0.05, 0.1) is 11.5 Å². The lowest BCUT2D eigenvalue weighted by Gasteiger charge is -2.38. The van der Waals surface area contributed by atoms with Crippen molar-refractivity contribution in [1.29, 1.82) is 0 Å². The fourth-order valence-electron chi connectivity index (χ4n) is 5.83. The van der Waals surface area contributed by atoms with Gasteiger partial charge in [0.1, 0.15) is 30.8 Å². The Bertz CT molecular complexity index is 1020. The number of nitrogens with one attached hydrogen (secondary N) is 2. The van der Waals surface area contributed by atoms with Gasteiger partial charge < -0.3 is 29.7 Å². The van der Waals surface area contributed by atoms with Gasteiger partial charge >= 0.3 is 5.97 Å². The van der Waals surface area contributed by atoms with E-state index in [1.165, 1.54) is 4.90 Å². The number of likely N-dealkylation sites (N-methyl/N-ethyl adjacent to an activating group) is 1. The van der Waals surface area contributed by atoms with E-state index in [-0.39, 0.29) is 42.3 Å². The monoisotopic (exact) mass is 594 g/mol. The molecule has 0 radical (unpaired) electrons. The van der Waals surface area contributed by atoms with Crippen molar-refractivity contribution in [3.05, 3.63) is 0 Å². The molecule has 11 heteroatoms. The van der Waals surface area contributed by atoms with Crippen molar-refractivity contribution in [3.8, 4) is 0 Å². The molecule has 2 bridgehead atoms. The lowest BCUT2D eigenvalue weighted by atomic mass is 9.77. The first-order valence-corrected chi connectivity index (χ1v) is 15.4. The Morgan fingerprint density at radius 3 is 2.21 bits per heavy atom. The molecular formula is C31H54N4O7. The second-order valence-electron chi connectivity index (χ2n) is 13.0. The molecule has 0 aliphatic carbocycles. The van der Waals surface area contributed by atoms with E-state index in [2.05, 4.69) is 22.5 Å². The molecule has 0 saturated carbocycles. The van der Waals surface area contributed by atoms with E-state index >= 15 is 0 Å². The summed E-state index contributed by atoms with van der Waals surface area (Å²) in [6, 6.07) is -2.48. The average molecular weight is 595 g/mol. The zero-order valence-corrected chi connectivity index (χ0v) is 27.5. The normalized spacial score (nSPS) is 31.3. The molecule has 2 aliphatic heterocycles. The Kier molecular flexibility index (Phi) is 12.4. The number of nitrogens with zero attached hydrogens (tertiary/aromatic N) is 2. The SMILES string of the molecule is CCC[C@@H](CC[C@H](C)[C@@H]1OC(=O)[C@H](C)NC(=O)C([C@@H](C)CC)N(C)C(=O)[C@]2(C)COC(=N2)[C@H](C)NC(=O)C1(C)C)OC. The Morgan fingerprint density at radius 2 is 1.64 bits per heavy atom. The number of hydrogen-bond donors (Lipinski definition) is 2. The van der Waals surface area contributed by atoms with Gasteiger partial charge in [-0.2, -0.15) is 0 Å². The van der Waals surface area contributed by atoms with E-state index < -0.39 is 47.1 Å². The summed E-state index contributed by atoms with van der Waals surface area (Å²) in [5.41, 5.74) is -2.41. The number of esters is 1. The molecule has 0 aromatic rings. The first-order chi connectivity index (χ1) is 19.5. The van der Waals surface area contributed by atoms with E-state index in [1.807, 2.05) is 20.8 Å². The smallest absolute Gasteiger partial charge is 0.328 e. The van der Waals surface area contributed by atoms with Crippen LogP contribution < -0.4 is 10.6 Å². The maximum absolute atomic E-state index is 13.7. The maximum Gasteiger partial charge on any atom is 0.328 e. The average Bonchev–Trinajstić information content (AvgIpc) is 3.35. The van der Waals surface area contributed by atoms with Crippen LogP contribution in [0.2, 0.25) is 0 Å². The van der Waals surface area contributed by atoms with Crippen LogP contribution in [0.15, 0.2) is 4.99 Å². The molecule has 42 heavy (non-hydrogen) atoms. The van der Waals surface area contributed by atoms with Crippen LogP contribution in [0, 0.1) is 17.3 Å². The Labute approximate surface area is 251 Å². The minimum atomic E-state index is -1.26. The predicted octanol–water partition coefficient (Wildman–Crippen LogP) is 3.24. The second-order valence-corrected chi connectivity index (χ2v) is 13.0. The highest BCUT2D eigenvalue weighted by Gasteiger charge is 2.48. The first-order valence-electron chi connectivity index (χ1n) is 15.4. The summed E-state index contributed by atoms with van der Waals surface area (Å²) in [6.07, 6.45) is 3.22. The van der Waals surface area contributed by atoms with E-state index in [1.54, 1.807) is 48.8 Å². The number of ether oxygens (including phenoxy) is 3. The summed E-state index contributed by atoms with van der Waals surface area (Å²) in [7, 11) is 3.26. The van der Waals surface area contributed by atoms with E-state index in [4.69, 9.17) is 14.2 Å². The van der Waals surface area contributed by atoms with Crippen molar-refractivity contribution in [1.82, 2.24) is 15.5 Å². The summed E-state index contributed by atoms with van der Waals surface area (Å²) in [5, 5.41) is 5.74. The number of hydrogen-bond acceptors (Lipinski definition) is 8. The lowest BCUT2D eigenvalue weighted by molar-refractivity contribution is -0.167. The van der Waals surface area contributed by atoms with Gasteiger partial charge in [-0.3, -0.25) is 14.4 Å². The number of amides is 3. The first kappa shape index (κ1) is 35.5. The van der Waals surface area contributed by atoms with Gasteiger partial charge in [0, 0.05) is 14.2 Å². The largest absolute Gasteiger partial charge is 0.476 e. The molecule has 11 nitrogen and oxygen atoms in total. The number of cyclic esters (lactones) is 1. The lowest BCUT2D eigenvalue weighted by Crippen LogP contribution is -2.58. The van der Waals surface area contributed by atoms with Crippen molar-refractivity contribution in [3.63, 3.8) is 0 Å². The molecule has 2 rings (SSSR count). The molecule has 1 unspecified atom stereocenters. The van der Waals surface area contributed by atoms with Crippen LogP contribution in [0.25, 0.3) is 0 Å². The third kappa shape index (κ3) is 8.02. The van der Waals surface area contributed by atoms with Gasteiger partial charge in [-0.25, -0.2) is 9.79 Å². The van der Waals surface area contributed by atoms with Crippen molar-refractivity contribution in [2.45, 2.75) is 130 Å². The summed E-state index contributed by atoms with van der Waals surface area (Å²) in [5.74, 6) is -1.99. The molecule has 0 aromatic heterocycles. The van der Waals surface area contributed by atoms with Crippen LogP contribution in [0.5, 0.6) is 0 Å². The van der Waals surface area contributed by atoms with Gasteiger partial charge in [-0.15, -0.1) is 0 Å². The number of carbonyl (C=O) groups is 4. The Balaban J connectivity index is 2.53. The topological polar surface area (TPSA) is 136 Å². The summed E-state index contributed by atoms with van der Waals surface area (Å²) < 4.78 is 17.5. The highest BCUT2D eigenvalue weighted by atomic mass is 16.5. The molecule has 3 amide bonds. The molecule has 0 saturated heterocycles. The van der Waals surface area contributed by atoms with Crippen molar-refractivity contribution in [2.75, 3.05) is 20.8 Å². The van der Waals surface area contributed by atoms with Crippen LogP contribution in [-0.4, -0.2) is 91.1 Å². The fraction of sp³-hybridized carbons (Fsp3) is 0.839. The van der Waals surface area contributed by atoms with Gasteiger partial charge in [-0.05, 0) is 65.7 Å². The van der Waals surface area contributed by atoms with E-state index in [0.29, 0.717) is 12.8 Å². The van der Waals surface area contributed by atoms with Gasteiger partial charge in [-0.1, -0.05) is 40.5 Å². The van der Waals surface area contributed by atoms with Crippen LogP contribution >= 0.6 is 0 Å².